The maximum Gasteiger partial charge on any atom is 0.254 e. The average Bonchev–Trinajstić information content (AvgIpc) is 3.34. The van der Waals surface area contributed by atoms with E-state index < -0.39 is 0 Å². The van der Waals surface area contributed by atoms with Gasteiger partial charge in [-0.3, -0.25) is 9.59 Å². The summed E-state index contributed by atoms with van der Waals surface area (Å²) in [5.41, 5.74) is 1.87. The van der Waals surface area contributed by atoms with Gasteiger partial charge in [0, 0.05) is 30.6 Å². The number of carbonyl (C=O) groups excluding carboxylic acids is 2. The summed E-state index contributed by atoms with van der Waals surface area (Å²) in [6.07, 6.45) is 4.66. The monoisotopic (exact) mass is 314 g/mol. The molecule has 1 saturated carbocycles. The smallest absolute Gasteiger partial charge is 0.254 e. The summed E-state index contributed by atoms with van der Waals surface area (Å²) in [6, 6.07) is 5.93. The molecule has 1 aliphatic carbocycles. The van der Waals surface area contributed by atoms with Crippen LogP contribution in [0.15, 0.2) is 18.2 Å². The van der Waals surface area contributed by atoms with Gasteiger partial charge in [-0.25, -0.2) is 0 Å². The number of fused-ring (bicyclic) bond motifs is 2. The minimum Gasteiger partial charge on any atom is -0.496 e. The van der Waals surface area contributed by atoms with Gasteiger partial charge in [-0.2, -0.15) is 0 Å². The number of amides is 2. The molecule has 2 aliphatic heterocycles. The Kier molecular flexibility index (Phi) is 3.51. The van der Waals surface area contributed by atoms with Crippen LogP contribution in [0, 0.1) is 0 Å². The van der Waals surface area contributed by atoms with Crippen molar-refractivity contribution in [1.29, 1.82) is 0 Å². The predicted octanol–water partition coefficient (Wildman–Crippen LogP) is 2.07. The van der Waals surface area contributed by atoms with Crippen LogP contribution < -0.4 is 10.1 Å². The molecule has 4 rings (SSSR count). The Hall–Kier alpha value is -2.04. The van der Waals surface area contributed by atoms with Crippen molar-refractivity contribution >= 4 is 11.8 Å². The minimum absolute atomic E-state index is 0.0430. The Morgan fingerprint density at radius 2 is 2.00 bits per heavy atom. The molecule has 0 spiro atoms. The number of nitrogens with zero attached hydrogens (tertiary/aromatic N) is 1. The molecule has 122 valence electrons. The molecule has 2 bridgehead atoms. The lowest BCUT2D eigenvalue weighted by Crippen LogP contribution is -2.42. The number of rotatable bonds is 3. The van der Waals surface area contributed by atoms with E-state index in [1.54, 1.807) is 7.11 Å². The molecule has 1 aromatic rings. The van der Waals surface area contributed by atoms with E-state index in [2.05, 4.69) is 5.32 Å². The number of hydrogen-bond donors (Lipinski definition) is 1. The molecule has 3 aliphatic rings. The van der Waals surface area contributed by atoms with Crippen LogP contribution in [-0.4, -0.2) is 42.5 Å². The molecule has 23 heavy (non-hydrogen) atoms. The lowest BCUT2D eigenvalue weighted by molar-refractivity contribution is -0.121. The van der Waals surface area contributed by atoms with Gasteiger partial charge in [-0.1, -0.05) is 0 Å². The SMILES string of the molecule is COc1ccc(C(=O)N2C3CCC2CC(=O)NC3)cc1C1CC1. The summed E-state index contributed by atoms with van der Waals surface area (Å²) in [6.45, 7) is 0.576. The Morgan fingerprint density at radius 1 is 1.22 bits per heavy atom. The van der Waals surface area contributed by atoms with E-state index in [1.165, 1.54) is 12.8 Å². The van der Waals surface area contributed by atoms with Crippen LogP contribution in [0.3, 0.4) is 0 Å². The van der Waals surface area contributed by atoms with Crippen LogP contribution in [0.1, 0.15) is 53.9 Å². The summed E-state index contributed by atoms with van der Waals surface area (Å²) < 4.78 is 5.44. The van der Waals surface area contributed by atoms with E-state index in [-0.39, 0.29) is 23.9 Å². The zero-order valence-electron chi connectivity index (χ0n) is 13.4. The highest BCUT2D eigenvalue weighted by molar-refractivity contribution is 5.96. The van der Waals surface area contributed by atoms with Crippen LogP contribution in [-0.2, 0) is 4.79 Å². The van der Waals surface area contributed by atoms with Gasteiger partial charge < -0.3 is 15.0 Å². The maximum atomic E-state index is 13.1. The van der Waals surface area contributed by atoms with E-state index in [9.17, 15) is 9.59 Å². The summed E-state index contributed by atoms with van der Waals surface area (Å²) in [5, 5.41) is 2.92. The van der Waals surface area contributed by atoms with Crippen LogP contribution in [0.2, 0.25) is 0 Å². The van der Waals surface area contributed by atoms with Gasteiger partial charge in [0.2, 0.25) is 5.91 Å². The Morgan fingerprint density at radius 3 is 2.74 bits per heavy atom. The van der Waals surface area contributed by atoms with Crippen LogP contribution in [0.4, 0.5) is 0 Å². The van der Waals surface area contributed by atoms with Crippen molar-refractivity contribution in [2.45, 2.75) is 50.1 Å². The van der Waals surface area contributed by atoms with Crippen molar-refractivity contribution in [2.75, 3.05) is 13.7 Å². The molecule has 2 heterocycles. The minimum atomic E-state index is 0.0430. The van der Waals surface area contributed by atoms with E-state index in [0.29, 0.717) is 18.9 Å². The quantitative estimate of drug-likeness (QED) is 0.929. The highest BCUT2D eigenvalue weighted by Gasteiger charge is 2.40. The van der Waals surface area contributed by atoms with Gasteiger partial charge in [-0.15, -0.1) is 0 Å². The van der Waals surface area contributed by atoms with Crippen molar-refractivity contribution in [3.05, 3.63) is 29.3 Å². The zero-order valence-corrected chi connectivity index (χ0v) is 13.4. The van der Waals surface area contributed by atoms with Crippen molar-refractivity contribution < 1.29 is 14.3 Å². The van der Waals surface area contributed by atoms with Crippen molar-refractivity contribution in [3.8, 4) is 5.75 Å². The van der Waals surface area contributed by atoms with Gasteiger partial charge in [0.15, 0.2) is 0 Å². The molecular formula is C18H22N2O3. The summed E-state index contributed by atoms with van der Waals surface area (Å²) in [4.78, 5) is 26.7. The Bertz CT molecular complexity index is 654. The second-order valence-electron chi connectivity index (χ2n) is 6.84. The molecule has 0 radical (unpaired) electrons. The zero-order chi connectivity index (χ0) is 16.0. The fraction of sp³-hybridized carbons (Fsp3) is 0.556. The summed E-state index contributed by atoms with van der Waals surface area (Å²) in [5.74, 6) is 1.52. The molecule has 5 nitrogen and oxygen atoms in total. The highest BCUT2D eigenvalue weighted by atomic mass is 16.5. The maximum absolute atomic E-state index is 13.1. The first-order valence-corrected chi connectivity index (χ1v) is 8.44. The third-order valence-electron chi connectivity index (χ3n) is 5.30. The molecular weight excluding hydrogens is 292 g/mol. The largest absolute Gasteiger partial charge is 0.496 e. The first kappa shape index (κ1) is 14.5. The lowest BCUT2D eigenvalue weighted by atomic mass is 10.0. The molecule has 0 aromatic heterocycles. The van der Waals surface area contributed by atoms with E-state index in [1.807, 2.05) is 23.1 Å². The van der Waals surface area contributed by atoms with E-state index in [0.717, 1.165) is 29.7 Å². The number of benzene rings is 1. The fourth-order valence-electron chi connectivity index (χ4n) is 3.94. The molecule has 1 aromatic carbocycles. The molecule has 2 amide bonds. The Labute approximate surface area is 136 Å². The number of carbonyl (C=O) groups is 2. The average molecular weight is 314 g/mol. The predicted molar refractivity (Wildman–Crippen MR) is 85.6 cm³/mol. The highest BCUT2D eigenvalue weighted by Crippen LogP contribution is 2.44. The van der Waals surface area contributed by atoms with E-state index >= 15 is 0 Å². The molecule has 1 N–H and O–H groups in total. The van der Waals surface area contributed by atoms with Crippen LogP contribution in [0.25, 0.3) is 0 Å². The number of hydrogen-bond acceptors (Lipinski definition) is 3. The second-order valence-corrected chi connectivity index (χ2v) is 6.84. The number of ether oxygens (including phenoxy) is 1. The molecule has 2 unspecified atom stereocenters. The first-order valence-electron chi connectivity index (χ1n) is 8.44. The fourth-order valence-corrected chi connectivity index (χ4v) is 3.94. The molecule has 2 atom stereocenters. The van der Waals surface area contributed by atoms with E-state index in [4.69, 9.17) is 4.74 Å². The van der Waals surface area contributed by atoms with Crippen molar-refractivity contribution in [2.24, 2.45) is 0 Å². The summed E-state index contributed by atoms with van der Waals surface area (Å²) in [7, 11) is 1.68. The van der Waals surface area contributed by atoms with Gasteiger partial charge in [0.1, 0.15) is 5.75 Å². The number of methoxy groups -OCH3 is 1. The van der Waals surface area contributed by atoms with Crippen LogP contribution >= 0.6 is 0 Å². The normalized spacial score (nSPS) is 26.7. The molecule has 5 heteroatoms. The standard InChI is InChI=1S/C18H22N2O3/c1-23-16-7-4-12(8-15(16)11-2-3-11)18(22)20-13-5-6-14(20)10-19-17(21)9-13/h4,7-8,11,13-14H,2-3,5-6,9-10H2,1H3,(H,19,21). The van der Waals surface area contributed by atoms with Crippen molar-refractivity contribution in [3.63, 3.8) is 0 Å². The lowest BCUT2D eigenvalue weighted by Gasteiger charge is -2.27. The topological polar surface area (TPSA) is 58.6 Å². The van der Waals surface area contributed by atoms with Gasteiger partial charge in [0.25, 0.3) is 5.91 Å². The molecule has 2 saturated heterocycles. The van der Waals surface area contributed by atoms with Crippen LogP contribution in [0.5, 0.6) is 5.75 Å². The molecule has 3 fully saturated rings. The first-order chi connectivity index (χ1) is 11.2. The number of nitrogens with one attached hydrogen (secondary N) is 1. The third-order valence-corrected chi connectivity index (χ3v) is 5.30. The van der Waals surface area contributed by atoms with Crippen molar-refractivity contribution in [1.82, 2.24) is 10.2 Å². The van der Waals surface area contributed by atoms with Gasteiger partial charge >= 0.3 is 0 Å². The van der Waals surface area contributed by atoms with Gasteiger partial charge in [0.05, 0.1) is 7.11 Å². The second kappa shape index (κ2) is 5.55. The summed E-state index contributed by atoms with van der Waals surface area (Å²) >= 11 is 0. The third kappa shape index (κ3) is 2.58. The Balaban J connectivity index is 1.64. The van der Waals surface area contributed by atoms with Gasteiger partial charge in [-0.05, 0) is 55.4 Å².